The van der Waals surface area contributed by atoms with Gasteiger partial charge in [-0.25, -0.2) is 0 Å². The zero-order valence-electron chi connectivity index (χ0n) is 26.7. The van der Waals surface area contributed by atoms with Crippen molar-refractivity contribution >= 4 is 54.3 Å². The monoisotopic (exact) mass is 622 g/mol. The maximum Gasteiger partial charge on any atom is 0.136 e. The Hall–Kier alpha value is -6.44. The Morgan fingerprint density at radius 1 is 0.265 bits per heavy atom. The molecule has 228 valence electrons. The van der Waals surface area contributed by atoms with Crippen LogP contribution < -0.4 is 0 Å². The molecular formula is C48H30O. The van der Waals surface area contributed by atoms with Crippen LogP contribution in [0.4, 0.5) is 0 Å². The Balaban J connectivity index is 1.22. The molecule has 0 aliphatic carbocycles. The fourth-order valence-electron chi connectivity index (χ4n) is 7.95. The highest BCUT2D eigenvalue weighted by atomic mass is 16.3. The minimum absolute atomic E-state index is 0.904. The van der Waals surface area contributed by atoms with Crippen molar-refractivity contribution in [1.29, 1.82) is 0 Å². The number of fused-ring (bicyclic) bond motifs is 6. The molecule has 0 saturated heterocycles. The van der Waals surface area contributed by atoms with Crippen LogP contribution >= 0.6 is 0 Å². The fraction of sp³-hybridized carbons (Fsp3) is 0. The van der Waals surface area contributed by atoms with Crippen molar-refractivity contribution in [1.82, 2.24) is 0 Å². The van der Waals surface area contributed by atoms with Crippen LogP contribution in [-0.4, -0.2) is 0 Å². The predicted molar refractivity (Wildman–Crippen MR) is 208 cm³/mol. The van der Waals surface area contributed by atoms with E-state index in [0.29, 0.717) is 0 Å². The summed E-state index contributed by atoms with van der Waals surface area (Å²) in [7, 11) is 0. The molecule has 0 fully saturated rings. The number of benzene rings is 9. The third-order valence-corrected chi connectivity index (χ3v) is 10.1. The van der Waals surface area contributed by atoms with E-state index in [9.17, 15) is 0 Å². The first-order chi connectivity index (χ1) is 24.3. The molecule has 0 N–H and O–H groups in total. The van der Waals surface area contributed by atoms with E-state index < -0.39 is 0 Å². The van der Waals surface area contributed by atoms with Gasteiger partial charge in [0.15, 0.2) is 0 Å². The summed E-state index contributed by atoms with van der Waals surface area (Å²) in [6, 6.07) is 65.7. The lowest BCUT2D eigenvalue weighted by Crippen LogP contribution is -1.91. The molecule has 0 aliphatic heterocycles. The second-order valence-corrected chi connectivity index (χ2v) is 12.8. The van der Waals surface area contributed by atoms with Crippen molar-refractivity contribution < 1.29 is 4.42 Å². The maximum atomic E-state index is 6.42. The Kier molecular flexibility index (Phi) is 6.25. The molecule has 1 heteroatoms. The van der Waals surface area contributed by atoms with Gasteiger partial charge in [-0.1, -0.05) is 170 Å². The largest absolute Gasteiger partial charge is 0.456 e. The van der Waals surface area contributed by atoms with Gasteiger partial charge in [0.2, 0.25) is 0 Å². The Bertz CT molecular complexity index is 2790. The lowest BCUT2D eigenvalue weighted by molar-refractivity contribution is 0.669. The smallest absolute Gasteiger partial charge is 0.136 e. The summed E-state index contributed by atoms with van der Waals surface area (Å²) in [6.45, 7) is 0. The van der Waals surface area contributed by atoms with Gasteiger partial charge in [-0.05, 0) is 83.4 Å². The fourth-order valence-corrected chi connectivity index (χ4v) is 7.95. The van der Waals surface area contributed by atoms with Crippen molar-refractivity contribution in [3.63, 3.8) is 0 Å². The zero-order chi connectivity index (χ0) is 32.3. The van der Waals surface area contributed by atoms with Crippen molar-refractivity contribution in [2.45, 2.75) is 0 Å². The molecule has 0 spiro atoms. The van der Waals surface area contributed by atoms with Crippen molar-refractivity contribution in [2.75, 3.05) is 0 Å². The Morgan fingerprint density at radius 3 is 1.45 bits per heavy atom. The molecule has 0 amide bonds. The number of furan rings is 1. The lowest BCUT2D eigenvalue weighted by Gasteiger charge is -2.18. The minimum atomic E-state index is 0.904. The van der Waals surface area contributed by atoms with Gasteiger partial charge < -0.3 is 4.42 Å². The van der Waals surface area contributed by atoms with Crippen molar-refractivity contribution in [2.24, 2.45) is 0 Å². The summed E-state index contributed by atoms with van der Waals surface area (Å²) >= 11 is 0. The van der Waals surface area contributed by atoms with Gasteiger partial charge >= 0.3 is 0 Å². The van der Waals surface area contributed by atoms with E-state index in [-0.39, 0.29) is 0 Å². The molecule has 10 rings (SSSR count). The second kappa shape index (κ2) is 11.1. The van der Waals surface area contributed by atoms with E-state index in [2.05, 4.69) is 176 Å². The summed E-state index contributed by atoms with van der Waals surface area (Å²) in [6.07, 6.45) is 0. The molecule has 0 bridgehead atoms. The number of rotatable bonds is 4. The van der Waals surface area contributed by atoms with E-state index in [1.54, 1.807) is 0 Å². The van der Waals surface area contributed by atoms with Crippen LogP contribution in [0.3, 0.4) is 0 Å². The van der Waals surface area contributed by atoms with Gasteiger partial charge in [0, 0.05) is 16.3 Å². The average Bonchev–Trinajstić information content (AvgIpc) is 3.56. The standard InChI is InChI=1S/C48H30O/c1-2-14-33(15-3-1)45-38-18-6-8-20-40(38)46(41-21-9-7-19-39(41)45)34-27-25-32(26-28-34)36-29-30-44-48(42-22-10-11-24-43(42)49-44)47(36)37-23-12-16-31-13-4-5-17-35(31)37/h1-30H. The van der Waals surface area contributed by atoms with E-state index in [1.165, 1.54) is 76.8 Å². The summed E-state index contributed by atoms with van der Waals surface area (Å²) in [5, 5.41) is 9.80. The van der Waals surface area contributed by atoms with Gasteiger partial charge in [0.05, 0.1) is 0 Å². The van der Waals surface area contributed by atoms with Gasteiger partial charge in [0.25, 0.3) is 0 Å². The number of para-hydroxylation sites is 1. The summed E-state index contributed by atoms with van der Waals surface area (Å²) < 4.78 is 6.42. The van der Waals surface area contributed by atoms with E-state index in [1.807, 2.05) is 6.07 Å². The van der Waals surface area contributed by atoms with Gasteiger partial charge in [-0.2, -0.15) is 0 Å². The zero-order valence-corrected chi connectivity index (χ0v) is 26.7. The Labute approximate surface area is 284 Å². The highest BCUT2D eigenvalue weighted by Gasteiger charge is 2.20. The molecule has 49 heavy (non-hydrogen) atoms. The van der Waals surface area contributed by atoms with E-state index in [4.69, 9.17) is 4.42 Å². The van der Waals surface area contributed by atoms with Crippen LogP contribution in [0.5, 0.6) is 0 Å². The van der Waals surface area contributed by atoms with E-state index >= 15 is 0 Å². The molecule has 1 aromatic heterocycles. The van der Waals surface area contributed by atoms with Crippen molar-refractivity contribution in [3.05, 3.63) is 182 Å². The van der Waals surface area contributed by atoms with Gasteiger partial charge in [-0.15, -0.1) is 0 Å². The average molecular weight is 623 g/mol. The molecule has 9 aromatic carbocycles. The van der Waals surface area contributed by atoms with Crippen LogP contribution in [-0.2, 0) is 0 Å². The minimum Gasteiger partial charge on any atom is -0.456 e. The maximum absolute atomic E-state index is 6.42. The molecule has 1 heterocycles. The molecule has 0 radical (unpaired) electrons. The van der Waals surface area contributed by atoms with Gasteiger partial charge in [-0.3, -0.25) is 0 Å². The third kappa shape index (κ3) is 4.33. The Morgan fingerprint density at radius 2 is 0.776 bits per heavy atom. The first kappa shape index (κ1) is 27.7. The third-order valence-electron chi connectivity index (χ3n) is 10.1. The quantitative estimate of drug-likeness (QED) is 0.178. The van der Waals surface area contributed by atoms with Crippen LogP contribution in [0.2, 0.25) is 0 Å². The topological polar surface area (TPSA) is 13.1 Å². The number of hydrogen-bond acceptors (Lipinski definition) is 1. The summed E-state index contributed by atoms with van der Waals surface area (Å²) in [4.78, 5) is 0. The molecular weight excluding hydrogens is 593 g/mol. The summed E-state index contributed by atoms with van der Waals surface area (Å²) in [5.41, 5.74) is 11.6. The molecule has 0 atom stereocenters. The predicted octanol–water partition coefficient (Wildman–Crippen LogP) is 13.7. The van der Waals surface area contributed by atoms with Crippen LogP contribution in [0.1, 0.15) is 0 Å². The van der Waals surface area contributed by atoms with Crippen molar-refractivity contribution in [3.8, 4) is 44.5 Å². The lowest BCUT2D eigenvalue weighted by atomic mass is 9.85. The van der Waals surface area contributed by atoms with Crippen LogP contribution in [0.15, 0.2) is 186 Å². The highest BCUT2D eigenvalue weighted by Crippen LogP contribution is 2.47. The highest BCUT2D eigenvalue weighted by molar-refractivity contribution is 6.22. The molecule has 10 aromatic rings. The summed E-state index contributed by atoms with van der Waals surface area (Å²) in [5.74, 6) is 0. The first-order valence-electron chi connectivity index (χ1n) is 16.9. The molecule has 0 unspecified atom stereocenters. The first-order valence-corrected chi connectivity index (χ1v) is 16.9. The van der Waals surface area contributed by atoms with E-state index in [0.717, 1.165) is 21.9 Å². The molecule has 0 aliphatic rings. The van der Waals surface area contributed by atoms with Crippen LogP contribution in [0, 0.1) is 0 Å². The number of hydrogen-bond donors (Lipinski definition) is 0. The second-order valence-electron chi connectivity index (χ2n) is 12.8. The molecule has 1 nitrogen and oxygen atoms in total. The normalized spacial score (nSPS) is 11.7. The SMILES string of the molecule is c1ccc(-c2c3ccccc3c(-c3ccc(-c4ccc5oc6ccccc6c5c4-c4cccc5ccccc45)cc3)c3ccccc23)cc1. The van der Waals surface area contributed by atoms with Gasteiger partial charge in [0.1, 0.15) is 11.2 Å². The van der Waals surface area contributed by atoms with Crippen LogP contribution in [0.25, 0.3) is 98.8 Å². The molecule has 0 saturated carbocycles.